The predicted molar refractivity (Wildman–Crippen MR) is 109 cm³/mol. The van der Waals surface area contributed by atoms with Crippen molar-refractivity contribution in [2.75, 3.05) is 17.7 Å². The van der Waals surface area contributed by atoms with E-state index in [1.54, 1.807) is 43.6 Å². The molecule has 0 saturated carbocycles. The summed E-state index contributed by atoms with van der Waals surface area (Å²) in [7, 11) is 1.55. The second-order valence-corrected chi connectivity index (χ2v) is 6.19. The van der Waals surface area contributed by atoms with Crippen molar-refractivity contribution in [3.8, 4) is 5.75 Å². The van der Waals surface area contributed by atoms with Crippen molar-refractivity contribution in [3.05, 3.63) is 77.3 Å². The molecule has 2 heterocycles. The fourth-order valence-corrected chi connectivity index (χ4v) is 2.78. The van der Waals surface area contributed by atoms with E-state index >= 15 is 0 Å². The molecule has 0 atom stereocenters. The van der Waals surface area contributed by atoms with Crippen molar-refractivity contribution in [2.24, 2.45) is 0 Å². The molecule has 2 aromatic heterocycles. The van der Waals surface area contributed by atoms with E-state index in [2.05, 4.69) is 20.7 Å². The van der Waals surface area contributed by atoms with Gasteiger partial charge in [0.05, 0.1) is 7.11 Å². The molecule has 9 heteroatoms. The molecule has 2 aromatic carbocycles. The molecule has 0 radical (unpaired) electrons. The second kappa shape index (κ2) is 7.85. The number of anilines is 3. The van der Waals surface area contributed by atoms with Gasteiger partial charge in [-0.05, 0) is 30.3 Å². The molecular weight excluding hydrogens is 372 g/mol. The van der Waals surface area contributed by atoms with Crippen LogP contribution in [0.15, 0.2) is 71.7 Å². The molecule has 29 heavy (non-hydrogen) atoms. The smallest absolute Gasteiger partial charge is 0.352 e. The van der Waals surface area contributed by atoms with E-state index in [0.29, 0.717) is 17.3 Å². The minimum atomic E-state index is -0.445. The molecule has 0 spiro atoms. The van der Waals surface area contributed by atoms with E-state index < -0.39 is 5.69 Å². The number of fused-ring (bicyclic) bond motifs is 1. The van der Waals surface area contributed by atoms with Crippen LogP contribution < -0.4 is 21.1 Å². The summed E-state index contributed by atoms with van der Waals surface area (Å²) < 4.78 is 7.49. The minimum absolute atomic E-state index is 0.199. The Labute approximate surface area is 165 Å². The van der Waals surface area contributed by atoms with Gasteiger partial charge in [0.25, 0.3) is 5.78 Å². The van der Waals surface area contributed by atoms with Crippen molar-refractivity contribution in [1.82, 2.24) is 19.2 Å². The first-order chi connectivity index (χ1) is 14.1. The summed E-state index contributed by atoms with van der Waals surface area (Å²) in [6.45, 7) is -0.235. The standard InChI is InChI=1S/C20H18N6O3/c1-29-16-9-5-8-15(12-16)22-18(27)13-26-20(28)25-11-10-17(23-19(25)24-26)21-14-6-3-2-4-7-14/h2-12H,13H2,1H3,(H,22,27)(H,21,23,24). The predicted octanol–water partition coefficient (Wildman–Crippen LogP) is 2.28. The summed E-state index contributed by atoms with van der Waals surface area (Å²) in [6, 6.07) is 18.2. The normalized spacial score (nSPS) is 10.7. The number of nitrogens with zero attached hydrogens (tertiary/aromatic N) is 4. The molecule has 146 valence electrons. The zero-order valence-electron chi connectivity index (χ0n) is 15.6. The zero-order chi connectivity index (χ0) is 20.2. The number of aromatic nitrogens is 4. The van der Waals surface area contributed by atoms with Gasteiger partial charge in [0.2, 0.25) is 5.91 Å². The molecule has 0 fully saturated rings. The molecule has 4 aromatic rings. The van der Waals surface area contributed by atoms with Crippen molar-refractivity contribution in [3.63, 3.8) is 0 Å². The van der Waals surface area contributed by atoms with E-state index in [0.717, 1.165) is 10.4 Å². The Hall–Kier alpha value is -4.14. The third-order valence-electron chi connectivity index (χ3n) is 4.15. The maximum Gasteiger partial charge on any atom is 0.352 e. The van der Waals surface area contributed by atoms with Crippen molar-refractivity contribution >= 4 is 28.9 Å². The largest absolute Gasteiger partial charge is 0.497 e. The lowest BCUT2D eigenvalue weighted by Crippen LogP contribution is -2.28. The van der Waals surface area contributed by atoms with Gasteiger partial charge in [-0.25, -0.2) is 13.9 Å². The van der Waals surface area contributed by atoms with E-state index in [9.17, 15) is 9.59 Å². The maximum atomic E-state index is 12.5. The summed E-state index contributed by atoms with van der Waals surface area (Å²) >= 11 is 0. The van der Waals surface area contributed by atoms with Crippen LogP contribution in [0.1, 0.15) is 0 Å². The Balaban J connectivity index is 1.52. The zero-order valence-corrected chi connectivity index (χ0v) is 15.6. The summed E-state index contributed by atoms with van der Waals surface area (Å²) in [5.41, 5.74) is 0.988. The van der Waals surface area contributed by atoms with Crippen LogP contribution in [0.25, 0.3) is 5.78 Å². The lowest BCUT2D eigenvalue weighted by molar-refractivity contribution is -0.117. The monoisotopic (exact) mass is 390 g/mol. The van der Waals surface area contributed by atoms with Crippen molar-refractivity contribution in [2.45, 2.75) is 6.54 Å². The van der Waals surface area contributed by atoms with Crippen molar-refractivity contribution < 1.29 is 9.53 Å². The van der Waals surface area contributed by atoms with Crippen LogP contribution in [0.5, 0.6) is 5.75 Å². The first-order valence-electron chi connectivity index (χ1n) is 8.84. The molecule has 0 bridgehead atoms. The number of carbonyl (C=O) groups excluding carboxylic acids is 1. The highest BCUT2D eigenvalue weighted by molar-refractivity contribution is 5.90. The van der Waals surface area contributed by atoms with Crippen LogP contribution in [0.4, 0.5) is 17.2 Å². The third-order valence-corrected chi connectivity index (χ3v) is 4.15. The van der Waals surface area contributed by atoms with Gasteiger partial charge in [-0.3, -0.25) is 4.79 Å². The first-order valence-corrected chi connectivity index (χ1v) is 8.84. The average molecular weight is 390 g/mol. The highest BCUT2D eigenvalue weighted by Crippen LogP contribution is 2.16. The summed E-state index contributed by atoms with van der Waals surface area (Å²) in [6.07, 6.45) is 1.57. The van der Waals surface area contributed by atoms with Gasteiger partial charge in [-0.15, -0.1) is 5.10 Å². The molecule has 0 aliphatic rings. The van der Waals surface area contributed by atoms with Crippen LogP contribution in [-0.4, -0.2) is 32.2 Å². The van der Waals surface area contributed by atoms with Crippen LogP contribution in [0, 0.1) is 0 Å². The van der Waals surface area contributed by atoms with Crippen LogP contribution in [0.2, 0.25) is 0 Å². The number of carbonyl (C=O) groups is 1. The van der Waals surface area contributed by atoms with Gasteiger partial charge in [0.15, 0.2) is 0 Å². The van der Waals surface area contributed by atoms with Gasteiger partial charge in [0.1, 0.15) is 18.1 Å². The van der Waals surface area contributed by atoms with E-state index in [1.165, 1.54) is 4.40 Å². The molecule has 9 nitrogen and oxygen atoms in total. The Morgan fingerprint density at radius 1 is 1.07 bits per heavy atom. The maximum absolute atomic E-state index is 12.5. The summed E-state index contributed by atoms with van der Waals surface area (Å²) in [4.78, 5) is 29.2. The molecule has 0 unspecified atom stereocenters. The number of hydrogen-bond acceptors (Lipinski definition) is 6. The van der Waals surface area contributed by atoms with Crippen LogP contribution in [-0.2, 0) is 11.3 Å². The highest BCUT2D eigenvalue weighted by Gasteiger charge is 2.13. The number of methoxy groups -OCH3 is 1. The quantitative estimate of drug-likeness (QED) is 0.524. The SMILES string of the molecule is COc1cccc(NC(=O)Cn2nc3nc(Nc4ccccc4)ccn3c2=O)c1. The fourth-order valence-electron chi connectivity index (χ4n) is 2.78. The number of ether oxygens (including phenoxy) is 1. The number of rotatable bonds is 6. The Morgan fingerprint density at radius 3 is 2.66 bits per heavy atom. The Morgan fingerprint density at radius 2 is 1.86 bits per heavy atom. The topological polar surface area (TPSA) is 103 Å². The number of amides is 1. The molecular formula is C20H18N6O3. The van der Waals surface area contributed by atoms with Crippen molar-refractivity contribution in [1.29, 1.82) is 0 Å². The van der Waals surface area contributed by atoms with Crippen LogP contribution >= 0.6 is 0 Å². The van der Waals surface area contributed by atoms with E-state index in [-0.39, 0.29) is 18.2 Å². The van der Waals surface area contributed by atoms with E-state index in [1.807, 2.05) is 30.3 Å². The van der Waals surface area contributed by atoms with Gasteiger partial charge < -0.3 is 15.4 Å². The number of hydrogen-bond donors (Lipinski definition) is 2. The van der Waals surface area contributed by atoms with Gasteiger partial charge in [-0.1, -0.05) is 24.3 Å². The number of nitrogens with one attached hydrogen (secondary N) is 2. The lowest BCUT2D eigenvalue weighted by atomic mass is 10.3. The molecule has 0 aliphatic heterocycles. The Bertz CT molecular complexity index is 1220. The molecule has 0 aliphatic carbocycles. The number of para-hydroxylation sites is 1. The van der Waals surface area contributed by atoms with E-state index in [4.69, 9.17) is 4.74 Å². The fraction of sp³-hybridized carbons (Fsp3) is 0.100. The van der Waals surface area contributed by atoms with Gasteiger partial charge >= 0.3 is 5.69 Å². The summed E-state index contributed by atoms with van der Waals surface area (Å²) in [5, 5.41) is 10.0. The first kappa shape index (κ1) is 18.2. The second-order valence-electron chi connectivity index (χ2n) is 6.19. The van der Waals surface area contributed by atoms with Crippen LogP contribution in [0.3, 0.4) is 0 Å². The molecule has 2 N–H and O–H groups in total. The molecule has 1 amide bonds. The Kier molecular flexibility index (Phi) is 4.93. The minimum Gasteiger partial charge on any atom is -0.497 e. The number of benzene rings is 2. The molecule has 4 rings (SSSR count). The average Bonchev–Trinajstić information content (AvgIpc) is 3.03. The van der Waals surface area contributed by atoms with Gasteiger partial charge in [-0.2, -0.15) is 4.98 Å². The summed E-state index contributed by atoms with van der Waals surface area (Å²) in [5.74, 6) is 0.980. The lowest BCUT2D eigenvalue weighted by Gasteiger charge is -2.06. The third kappa shape index (κ3) is 4.08. The van der Waals surface area contributed by atoms with Gasteiger partial charge in [0, 0.05) is 23.6 Å². The highest BCUT2D eigenvalue weighted by atomic mass is 16.5. The molecule has 0 saturated heterocycles.